The molecule has 9 heavy (non-hydrogen) atoms. The molecule has 0 aliphatic carbocycles. The molecular formula is C4H6F2N2O. The molecule has 1 saturated heterocycles. The van der Waals surface area contributed by atoms with Crippen molar-refractivity contribution in [2.45, 2.75) is 12.5 Å². The van der Waals surface area contributed by atoms with Crippen LogP contribution in [0.2, 0.25) is 0 Å². The molecule has 0 bridgehead atoms. The number of halogens is 2. The molecule has 1 fully saturated rings. The van der Waals surface area contributed by atoms with E-state index < -0.39 is 12.1 Å². The summed E-state index contributed by atoms with van der Waals surface area (Å²) in [7, 11) is 0. The van der Waals surface area contributed by atoms with Crippen LogP contribution in [0.3, 0.4) is 0 Å². The van der Waals surface area contributed by atoms with E-state index in [1.807, 2.05) is 0 Å². The molecule has 1 aliphatic rings. The molecule has 1 rings (SSSR count). The van der Waals surface area contributed by atoms with Crippen LogP contribution < -0.4 is 5.73 Å². The topological polar surface area (TPSA) is 46.3 Å². The lowest BCUT2D eigenvalue weighted by Crippen LogP contribution is -2.58. The molecule has 0 aromatic heterocycles. The van der Waals surface area contributed by atoms with Crippen LogP contribution in [0.25, 0.3) is 0 Å². The van der Waals surface area contributed by atoms with Gasteiger partial charge in [0.15, 0.2) is 0 Å². The van der Waals surface area contributed by atoms with Gasteiger partial charge in [0.2, 0.25) is 0 Å². The highest BCUT2D eigenvalue weighted by Crippen LogP contribution is 2.32. The number of nitrogens with zero attached hydrogens (tertiary/aromatic N) is 1. The summed E-state index contributed by atoms with van der Waals surface area (Å²) in [5.41, 5.74) is 4.58. The fourth-order valence-corrected chi connectivity index (χ4v) is 0.664. The lowest BCUT2D eigenvalue weighted by atomic mass is 10.2. The van der Waals surface area contributed by atoms with Crippen molar-refractivity contribution in [1.82, 2.24) is 4.90 Å². The minimum atomic E-state index is -2.98. The number of primary amides is 1. The van der Waals surface area contributed by atoms with Crippen LogP contribution in [0.1, 0.15) is 6.42 Å². The Labute approximate surface area is 50.4 Å². The van der Waals surface area contributed by atoms with Gasteiger partial charge in [-0.05, 0) is 0 Å². The summed E-state index contributed by atoms with van der Waals surface area (Å²) in [4.78, 5) is 10.4. The highest BCUT2D eigenvalue weighted by molar-refractivity contribution is 5.73. The summed E-state index contributed by atoms with van der Waals surface area (Å²) < 4.78 is 24.2. The van der Waals surface area contributed by atoms with Gasteiger partial charge in [-0.1, -0.05) is 0 Å². The third-order valence-corrected chi connectivity index (χ3v) is 1.30. The summed E-state index contributed by atoms with van der Waals surface area (Å²) in [5.74, 6) is 0. The van der Waals surface area contributed by atoms with Crippen LogP contribution in [0.5, 0.6) is 0 Å². The molecule has 1 heterocycles. The van der Waals surface area contributed by atoms with Crippen LogP contribution in [-0.4, -0.2) is 23.5 Å². The molecule has 0 atom stereocenters. The Morgan fingerprint density at radius 2 is 2.22 bits per heavy atom. The zero-order valence-corrected chi connectivity index (χ0v) is 4.60. The predicted molar refractivity (Wildman–Crippen MR) is 25.9 cm³/mol. The fourth-order valence-electron chi connectivity index (χ4n) is 0.664. The predicted octanol–water partition coefficient (Wildman–Crippen LogP) is 0.364. The van der Waals surface area contributed by atoms with Crippen LogP contribution in [0, 0.1) is 0 Å². The first kappa shape index (κ1) is 6.25. The molecule has 2 N–H and O–H groups in total. The van der Waals surface area contributed by atoms with E-state index in [1.165, 1.54) is 0 Å². The quantitative estimate of drug-likeness (QED) is 0.480. The van der Waals surface area contributed by atoms with E-state index in [2.05, 4.69) is 5.73 Å². The number of urea groups is 1. The lowest BCUT2D eigenvalue weighted by Gasteiger charge is -2.38. The monoisotopic (exact) mass is 136 g/mol. The van der Waals surface area contributed by atoms with Crippen molar-refractivity contribution in [3.8, 4) is 0 Å². The van der Waals surface area contributed by atoms with Gasteiger partial charge in [0, 0.05) is 6.54 Å². The van der Waals surface area contributed by atoms with E-state index in [-0.39, 0.29) is 13.0 Å². The molecule has 5 heteroatoms. The number of nitrogens with two attached hydrogens (primary N) is 1. The highest BCUT2D eigenvalue weighted by atomic mass is 19.3. The van der Waals surface area contributed by atoms with Gasteiger partial charge in [0.1, 0.15) is 0 Å². The van der Waals surface area contributed by atoms with Crippen molar-refractivity contribution < 1.29 is 13.6 Å². The van der Waals surface area contributed by atoms with Gasteiger partial charge >= 0.3 is 12.1 Å². The Balaban J connectivity index is 2.55. The third kappa shape index (κ3) is 0.820. The number of likely N-dealkylation sites (tertiary alicyclic amines) is 1. The van der Waals surface area contributed by atoms with Crippen LogP contribution >= 0.6 is 0 Å². The van der Waals surface area contributed by atoms with Gasteiger partial charge in [-0.2, -0.15) is 8.78 Å². The molecule has 0 aromatic carbocycles. The Bertz CT molecular complexity index is 148. The van der Waals surface area contributed by atoms with Crippen LogP contribution in [-0.2, 0) is 0 Å². The maximum Gasteiger partial charge on any atom is 0.330 e. The van der Waals surface area contributed by atoms with E-state index in [0.29, 0.717) is 4.90 Å². The maximum absolute atomic E-state index is 12.1. The van der Waals surface area contributed by atoms with Gasteiger partial charge in [0.25, 0.3) is 0 Å². The van der Waals surface area contributed by atoms with Crippen LogP contribution in [0.4, 0.5) is 13.6 Å². The van der Waals surface area contributed by atoms with E-state index in [0.717, 1.165) is 0 Å². The SMILES string of the molecule is NC(=O)N1CCC1(F)F. The Morgan fingerprint density at radius 1 is 1.67 bits per heavy atom. The Hall–Kier alpha value is -0.870. The fraction of sp³-hybridized carbons (Fsp3) is 0.750. The van der Waals surface area contributed by atoms with Gasteiger partial charge < -0.3 is 5.73 Å². The van der Waals surface area contributed by atoms with Crippen molar-refractivity contribution in [2.24, 2.45) is 5.73 Å². The van der Waals surface area contributed by atoms with Gasteiger partial charge in [-0.25, -0.2) is 4.79 Å². The van der Waals surface area contributed by atoms with Crippen molar-refractivity contribution in [1.29, 1.82) is 0 Å². The zero-order chi connectivity index (χ0) is 7.07. The molecule has 0 unspecified atom stereocenters. The van der Waals surface area contributed by atoms with Crippen molar-refractivity contribution in [2.75, 3.05) is 6.54 Å². The molecule has 52 valence electrons. The van der Waals surface area contributed by atoms with Gasteiger partial charge in [-0.15, -0.1) is 0 Å². The number of hydrogen-bond acceptors (Lipinski definition) is 1. The molecule has 0 radical (unpaired) electrons. The molecule has 0 spiro atoms. The summed E-state index contributed by atoms with van der Waals surface area (Å²) in [5, 5.41) is 0. The van der Waals surface area contributed by atoms with Gasteiger partial charge in [0.05, 0.1) is 6.42 Å². The third-order valence-electron chi connectivity index (χ3n) is 1.30. The van der Waals surface area contributed by atoms with Gasteiger partial charge in [-0.3, -0.25) is 4.90 Å². The minimum Gasteiger partial charge on any atom is -0.351 e. The Kier molecular flexibility index (Phi) is 1.08. The molecule has 0 aromatic rings. The maximum atomic E-state index is 12.1. The van der Waals surface area contributed by atoms with E-state index >= 15 is 0 Å². The van der Waals surface area contributed by atoms with Crippen molar-refractivity contribution in [3.05, 3.63) is 0 Å². The average Bonchev–Trinajstić information content (AvgIpc) is 1.62. The molecule has 2 amide bonds. The first-order valence-electron chi connectivity index (χ1n) is 2.49. The number of rotatable bonds is 0. The minimum absolute atomic E-state index is 0.0718. The number of carbonyl (C=O) groups is 1. The summed E-state index contributed by atoms with van der Waals surface area (Å²) in [6.45, 7) is 0.0718. The summed E-state index contributed by atoms with van der Waals surface area (Å²) in [6, 6.07) is -4.03. The highest BCUT2D eigenvalue weighted by Gasteiger charge is 2.48. The Morgan fingerprint density at radius 3 is 2.22 bits per heavy atom. The number of alkyl halides is 2. The summed E-state index contributed by atoms with van der Waals surface area (Å²) >= 11 is 0. The first-order chi connectivity index (χ1) is 4.04. The molecular weight excluding hydrogens is 130 g/mol. The smallest absolute Gasteiger partial charge is 0.330 e. The van der Waals surface area contributed by atoms with Crippen molar-refractivity contribution in [3.63, 3.8) is 0 Å². The zero-order valence-electron chi connectivity index (χ0n) is 4.60. The largest absolute Gasteiger partial charge is 0.351 e. The second kappa shape index (κ2) is 1.55. The average molecular weight is 136 g/mol. The molecule has 1 aliphatic heterocycles. The van der Waals surface area contributed by atoms with Crippen LogP contribution in [0.15, 0.2) is 0 Å². The number of amides is 2. The van der Waals surface area contributed by atoms with E-state index in [4.69, 9.17) is 0 Å². The molecule has 0 saturated carbocycles. The van der Waals surface area contributed by atoms with E-state index in [1.54, 1.807) is 0 Å². The second-order valence-electron chi connectivity index (χ2n) is 1.91. The molecule has 3 nitrogen and oxygen atoms in total. The van der Waals surface area contributed by atoms with E-state index in [9.17, 15) is 13.6 Å². The second-order valence-corrected chi connectivity index (χ2v) is 1.91. The normalized spacial score (nSPS) is 23.1. The standard InChI is InChI=1S/C4H6F2N2O/c5-4(6)1-2-8(4)3(7)9/h1-2H2,(H2,7,9). The first-order valence-corrected chi connectivity index (χ1v) is 2.49. The lowest BCUT2D eigenvalue weighted by molar-refractivity contribution is -0.185. The summed E-state index contributed by atoms with van der Waals surface area (Å²) in [6.07, 6.45) is -0.268. The number of hydrogen-bond donors (Lipinski definition) is 1. The number of carbonyl (C=O) groups excluding carboxylic acids is 1. The van der Waals surface area contributed by atoms with Crippen molar-refractivity contribution >= 4 is 6.03 Å².